The van der Waals surface area contributed by atoms with Gasteiger partial charge in [0.15, 0.2) is 0 Å². The molecule has 1 saturated carbocycles. The van der Waals surface area contributed by atoms with Gasteiger partial charge in [0.05, 0.1) is 11.2 Å². The van der Waals surface area contributed by atoms with Crippen molar-refractivity contribution in [3.63, 3.8) is 0 Å². The minimum absolute atomic E-state index is 0.0162. The molecule has 0 radical (unpaired) electrons. The van der Waals surface area contributed by atoms with E-state index in [-0.39, 0.29) is 18.1 Å². The maximum Gasteiger partial charge on any atom is 0.237 e. The lowest BCUT2D eigenvalue weighted by atomic mass is 9.78. The Morgan fingerprint density at radius 3 is 2.15 bits per heavy atom. The Bertz CT molecular complexity index is 1170. The van der Waals surface area contributed by atoms with Crippen molar-refractivity contribution in [1.82, 2.24) is 10.3 Å². The van der Waals surface area contributed by atoms with Crippen molar-refractivity contribution in [1.29, 1.82) is 0 Å². The lowest BCUT2D eigenvalue weighted by Crippen LogP contribution is -2.22. The summed E-state index contributed by atoms with van der Waals surface area (Å²) in [5.41, 5.74) is 7.33. The molecule has 6 nitrogen and oxygen atoms in total. The van der Waals surface area contributed by atoms with E-state index in [1.807, 2.05) is 5.32 Å². The topological polar surface area (TPSA) is 105 Å². The summed E-state index contributed by atoms with van der Waals surface area (Å²) in [6, 6.07) is 8.35. The van der Waals surface area contributed by atoms with Gasteiger partial charge in [0.2, 0.25) is 11.8 Å². The minimum atomic E-state index is -0.738. The van der Waals surface area contributed by atoms with E-state index < -0.39 is 23.5 Å². The van der Waals surface area contributed by atoms with Gasteiger partial charge in [-0.25, -0.2) is 13.2 Å². The van der Waals surface area contributed by atoms with E-state index in [9.17, 15) is 27.6 Å². The second kappa shape index (κ2) is 10.4. The van der Waals surface area contributed by atoms with Crippen molar-refractivity contribution >= 4 is 29.0 Å². The summed E-state index contributed by atoms with van der Waals surface area (Å²) in [7, 11) is 1.50. The van der Waals surface area contributed by atoms with Crippen LogP contribution >= 0.6 is 0 Å². The van der Waals surface area contributed by atoms with Crippen LogP contribution < -0.4 is 11.1 Å². The maximum absolute atomic E-state index is 14.1. The van der Waals surface area contributed by atoms with Crippen molar-refractivity contribution in [2.24, 2.45) is 11.7 Å². The Morgan fingerprint density at radius 2 is 1.67 bits per heavy atom. The number of benzene rings is 2. The first-order valence-electron chi connectivity index (χ1n) is 10.5. The van der Waals surface area contributed by atoms with E-state index in [4.69, 9.17) is 0 Å². The minimum Gasteiger partial charge on any atom is -0.352 e. The highest BCUT2D eigenvalue weighted by Crippen LogP contribution is 2.45. The molecule has 0 bridgehead atoms. The van der Waals surface area contributed by atoms with Gasteiger partial charge in [-0.3, -0.25) is 14.9 Å². The number of carbonyl (C=O) groups is 3. The van der Waals surface area contributed by atoms with Gasteiger partial charge in [-0.05, 0) is 67.3 Å². The van der Waals surface area contributed by atoms with Crippen LogP contribution in [0.3, 0.4) is 0 Å². The van der Waals surface area contributed by atoms with Crippen LogP contribution in [0, 0.1) is 23.4 Å². The third kappa shape index (κ3) is 5.14. The Morgan fingerprint density at radius 1 is 1.00 bits per heavy atom. The normalized spacial score (nSPS) is 17.4. The number of rotatable bonds is 3. The zero-order chi connectivity index (χ0) is 24.1. The predicted octanol–water partition coefficient (Wildman–Crippen LogP) is 3.94. The summed E-state index contributed by atoms with van der Waals surface area (Å²) >= 11 is 0. The van der Waals surface area contributed by atoms with Crippen molar-refractivity contribution < 1.29 is 27.6 Å². The van der Waals surface area contributed by atoms with Gasteiger partial charge in [0.25, 0.3) is 0 Å². The number of amides is 2. The molecular weight excluding hydrogens is 435 g/mol. The van der Waals surface area contributed by atoms with Gasteiger partial charge in [-0.2, -0.15) is 0 Å². The smallest absolute Gasteiger partial charge is 0.237 e. The molecule has 174 valence electrons. The molecule has 2 amide bonds. The molecular formula is C24H24F3N3O3. The number of carbonyl (C=O) groups excluding carboxylic acids is 3. The predicted molar refractivity (Wildman–Crippen MR) is 118 cm³/mol. The number of aromatic nitrogens is 1. The van der Waals surface area contributed by atoms with Crippen LogP contribution in [0.2, 0.25) is 0 Å². The molecule has 2 aliphatic rings. The number of hydrogen-bond acceptors (Lipinski definition) is 4. The molecule has 1 aliphatic heterocycles. The fraction of sp³-hybridized carbons (Fsp3) is 0.292. The van der Waals surface area contributed by atoms with Crippen molar-refractivity contribution in [3.05, 3.63) is 59.4 Å². The van der Waals surface area contributed by atoms with Crippen LogP contribution in [0.25, 0.3) is 22.2 Å². The van der Waals surface area contributed by atoms with Crippen molar-refractivity contribution in [3.8, 4) is 11.3 Å². The van der Waals surface area contributed by atoms with E-state index in [1.165, 1.54) is 25.2 Å². The molecule has 2 fully saturated rings. The summed E-state index contributed by atoms with van der Waals surface area (Å²) in [5, 5.41) is 2.61. The van der Waals surface area contributed by atoms with Crippen LogP contribution in [-0.4, -0.2) is 30.1 Å². The molecule has 1 atom stereocenters. The number of nitrogens with two attached hydrogens (primary N) is 1. The Labute approximate surface area is 188 Å². The molecule has 1 aliphatic carbocycles. The van der Waals surface area contributed by atoms with Crippen LogP contribution in [0.15, 0.2) is 36.4 Å². The van der Waals surface area contributed by atoms with Crippen LogP contribution in [0.1, 0.15) is 37.2 Å². The Kier molecular flexibility index (Phi) is 7.65. The molecule has 4 N–H and O–H groups in total. The first kappa shape index (κ1) is 24.2. The number of halogens is 3. The first-order chi connectivity index (χ1) is 15.9. The van der Waals surface area contributed by atoms with Crippen LogP contribution in [0.5, 0.6) is 0 Å². The average molecular weight is 459 g/mol. The Balaban J connectivity index is 0.000000234. The molecule has 33 heavy (non-hydrogen) atoms. The van der Waals surface area contributed by atoms with Gasteiger partial charge in [0, 0.05) is 17.9 Å². The summed E-state index contributed by atoms with van der Waals surface area (Å²) in [5.74, 6) is -2.76. The van der Waals surface area contributed by atoms with Gasteiger partial charge < -0.3 is 15.5 Å². The highest BCUT2D eigenvalue weighted by molar-refractivity contribution is 6.09. The molecule has 5 rings (SSSR count). The molecule has 1 aromatic heterocycles. The number of H-pyrrole nitrogens is 1. The van der Waals surface area contributed by atoms with E-state index >= 15 is 0 Å². The highest BCUT2D eigenvalue weighted by atomic mass is 19.1. The number of fused-ring (bicyclic) bond motifs is 1. The molecule has 1 saturated heterocycles. The Hall–Kier alpha value is -3.46. The quantitative estimate of drug-likeness (QED) is 0.313. The fourth-order valence-electron chi connectivity index (χ4n) is 3.89. The van der Waals surface area contributed by atoms with E-state index in [1.54, 1.807) is 12.1 Å². The number of nitrogens with one attached hydrogen (secondary N) is 2. The third-order valence-corrected chi connectivity index (χ3v) is 5.68. The second-order valence-electron chi connectivity index (χ2n) is 7.72. The highest BCUT2D eigenvalue weighted by Gasteiger charge is 2.29. The van der Waals surface area contributed by atoms with Crippen molar-refractivity contribution in [2.75, 3.05) is 7.05 Å². The molecule has 0 spiro atoms. The zero-order valence-electron chi connectivity index (χ0n) is 18.0. The summed E-state index contributed by atoms with van der Waals surface area (Å²) < 4.78 is 40.8. The van der Waals surface area contributed by atoms with Crippen LogP contribution in [0.4, 0.5) is 13.2 Å². The largest absolute Gasteiger partial charge is 0.352 e. The molecule has 9 heteroatoms. The fourth-order valence-corrected chi connectivity index (χ4v) is 3.89. The lowest BCUT2D eigenvalue weighted by molar-refractivity contribution is -0.127. The van der Waals surface area contributed by atoms with Crippen molar-refractivity contribution in [2.45, 2.75) is 31.6 Å². The maximum atomic E-state index is 14.1. The summed E-state index contributed by atoms with van der Waals surface area (Å²) in [6.07, 6.45) is 3.65. The zero-order valence-corrected chi connectivity index (χ0v) is 18.0. The lowest BCUT2D eigenvalue weighted by Gasteiger charge is -2.26. The summed E-state index contributed by atoms with van der Waals surface area (Å²) in [6.45, 7) is 0. The number of imide groups is 1. The van der Waals surface area contributed by atoms with Crippen LogP contribution in [-0.2, 0) is 14.4 Å². The molecule has 1 unspecified atom stereocenters. The molecule has 2 heterocycles. The SMILES string of the molecule is CN.Fc1ccc(-c2[nH]c3c(F)cc(F)cc3c2C2CCC2)cc1.O=CC1CC(=O)NC1=O. The standard InChI is InChI=1S/C18H14F3N.C5H5NO3.CH5N/c19-12-6-4-11(5-7-12)17-16(10-2-1-3-10)14-8-13(20)9-15(21)18(14)22-17;7-2-3-1-4(8)6-5(3)9;1-2/h4-10,22H,1-3H2;2-3H,1H2,(H,6,8,9);2H2,1H3. The number of aromatic amines is 1. The van der Waals surface area contributed by atoms with Gasteiger partial charge in [-0.1, -0.05) is 6.42 Å². The molecule has 3 aromatic rings. The van der Waals surface area contributed by atoms with Gasteiger partial charge >= 0.3 is 0 Å². The van der Waals surface area contributed by atoms with E-state index in [0.29, 0.717) is 23.1 Å². The third-order valence-electron chi connectivity index (χ3n) is 5.68. The summed E-state index contributed by atoms with van der Waals surface area (Å²) in [4.78, 5) is 33.8. The van der Waals surface area contributed by atoms with E-state index in [0.717, 1.165) is 42.1 Å². The average Bonchev–Trinajstić information content (AvgIpc) is 3.29. The number of hydrogen-bond donors (Lipinski definition) is 3. The number of aldehydes is 1. The molecule has 2 aromatic carbocycles. The van der Waals surface area contributed by atoms with E-state index in [2.05, 4.69) is 10.7 Å². The van der Waals surface area contributed by atoms with Gasteiger partial charge in [0.1, 0.15) is 29.7 Å². The van der Waals surface area contributed by atoms with Gasteiger partial charge in [-0.15, -0.1) is 0 Å². The monoisotopic (exact) mass is 459 g/mol. The second-order valence-corrected chi connectivity index (χ2v) is 7.72. The first-order valence-corrected chi connectivity index (χ1v) is 10.5.